The summed E-state index contributed by atoms with van der Waals surface area (Å²) in [5, 5.41) is 13.0. The third kappa shape index (κ3) is 7.61. The first-order valence-corrected chi connectivity index (χ1v) is 11.0. The van der Waals surface area contributed by atoms with Crippen LogP contribution in [0.25, 0.3) is 0 Å². The molecule has 2 heterocycles. The van der Waals surface area contributed by atoms with Gasteiger partial charge in [-0.3, -0.25) is 14.7 Å². The second-order valence-electron chi connectivity index (χ2n) is 7.86. The molecule has 1 aromatic rings. The number of nitrogens with one attached hydrogen (secondary N) is 1. The van der Waals surface area contributed by atoms with Crippen LogP contribution in [-0.4, -0.2) is 90.6 Å². The Hall–Kier alpha value is -1.55. The van der Waals surface area contributed by atoms with E-state index in [1.54, 1.807) is 12.1 Å². The second kappa shape index (κ2) is 13.0. The molecule has 2 aliphatic rings. The molecule has 0 spiro atoms. The van der Waals surface area contributed by atoms with Gasteiger partial charge in [0.15, 0.2) is 5.96 Å². The Bertz CT molecular complexity index is 686. The first-order valence-electron chi connectivity index (χ1n) is 11.0. The molecule has 1 amide bonds. The monoisotopic (exact) mass is 529 g/mol. The standard InChI is InChI=1S/C22H35N5O2.HI/c1-2-23-22(24-10-9-19-7-6-8-20(28)17-19)27-15-13-25(14-16-27)18-21(29)26-11-4-3-5-12-26;/h6-8,17,28H,2-5,9-16,18H2,1H3,(H,23,24);1H. The fourth-order valence-corrected chi connectivity index (χ4v) is 3.98. The molecule has 0 aromatic heterocycles. The minimum atomic E-state index is 0. The predicted molar refractivity (Wildman–Crippen MR) is 132 cm³/mol. The number of nitrogens with zero attached hydrogens (tertiary/aromatic N) is 4. The fourth-order valence-electron chi connectivity index (χ4n) is 3.98. The topological polar surface area (TPSA) is 71.4 Å². The van der Waals surface area contributed by atoms with E-state index in [1.165, 1.54) is 6.42 Å². The molecule has 7 nitrogen and oxygen atoms in total. The van der Waals surface area contributed by atoms with Crippen molar-refractivity contribution in [3.05, 3.63) is 29.8 Å². The van der Waals surface area contributed by atoms with Gasteiger partial charge >= 0.3 is 0 Å². The van der Waals surface area contributed by atoms with Gasteiger partial charge in [-0.1, -0.05) is 12.1 Å². The van der Waals surface area contributed by atoms with E-state index in [0.29, 0.717) is 18.8 Å². The molecule has 168 valence electrons. The number of phenols is 1. The lowest BCUT2D eigenvalue weighted by Gasteiger charge is -2.37. The minimum absolute atomic E-state index is 0. The van der Waals surface area contributed by atoms with E-state index in [2.05, 4.69) is 22.0 Å². The molecular formula is C22H36IN5O2. The maximum absolute atomic E-state index is 12.5. The minimum Gasteiger partial charge on any atom is -0.508 e. The summed E-state index contributed by atoms with van der Waals surface area (Å²) in [6.45, 7) is 9.52. The Kier molecular flexibility index (Phi) is 10.7. The molecule has 0 unspecified atom stereocenters. The van der Waals surface area contributed by atoms with Gasteiger partial charge in [-0.05, 0) is 50.3 Å². The number of guanidine groups is 1. The number of amides is 1. The van der Waals surface area contributed by atoms with Crippen LogP contribution in [0.3, 0.4) is 0 Å². The highest BCUT2D eigenvalue weighted by Gasteiger charge is 2.24. The third-order valence-corrected chi connectivity index (χ3v) is 5.65. The Morgan fingerprint density at radius 1 is 1.07 bits per heavy atom. The lowest BCUT2D eigenvalue weighted by molar-refractivity contribution is -0.133. The maximum Gasteiger partial charge on any atom is 0.236 e. The van der Waals surface area contributed by atoms with Crippen molar-refractivity contribution in [3.63, 3.8) is 0 Å². The van der Waals surface area contributed by atoms with Crippen LogP contribution in [0.5, 0.6) is 5.75 Å². The lowest BCUT2D eigenvalue weighted by atomic mass is 10.1. The average Bonchev–Trinajstić information content (AvgIpc) is 2.74. The van der Waals surface area contributed by atoms with Crippen molar-refractivity contribution in [2.24, 2.45) is 4.99 Å². The second-order valence-corrected chi connectivity index (χ2v) is 7.86. The van der Waals surface area contributed by atoms with Crippen molar-refractivity contribution in [2.45, 2.75) is 32.6 Å². The van der Waals surface area contributed by atoms with Crippen LogP contribution >= 0.6 is 24.0 Å². The number of phenolic OH excluding ortho intramolecular Hbond substituents is 1. The van der Waals surface area contributed by atoms with Crippen molar-refractivity contribution in [3.8, 4) is 5.75 Å². The SMILES string of the molecule is CCNC(=NCCc1cccc(O)c1)N1CCN(CC(=O)N2CCCCC2)CC1.I. The molecule has 2 saturated heterocycles. The summed E-state index contributed by atoms with van der Waals surface area (Å²) in [6.07, 6.45) is 4.34. The zero-order chi connectivity index (χ0) is 20.5. The van der Waals surface area contributed by atoms with Crippen LogP contribution in [0, 0.1) is 0 Å². The van der Waals surface area contributed by atoms with Gasteiger partial charge in [0.25, 0.3) is 0 Å². The van der Waals surface area contributed by atoms with Crippen LogP contribution in [0.2, 0.25) is 0 Å². The van der Waals surface area contributed by atoms with Crippen molar-refractivity contribution >= 4 is 35.8 Å². The highest BCUT2D eigenvalue weighted by Crippen LogP contribution is 2.12. The zero-order valence-electron chi connectivity index (χ0n) is 18.1. The first kappa shape index (κ1) is 24.7. The van der Waals surface area contributed by atoms with Gasteiger partial charge in [0.2, 0.25) is 5.91 Å². The quantitative estimate of drug-likeness (QED) is 0.336. The number of likely N-dealkylation sites (tertiary alicyclic amines) is 1. The summed E-state index contributed by atoms with van der Waals surface area (Å²) in [5.41, 5.74) is 1.09. The van der Waals surface area contributed by atoms with E-state index >= 15 is 0 Å². The smallest absolute Gasteiger partial charge is 0.236 e. The number of benzene rings is 1. The Balaban J connectivity index is 0.00000320. The van der Waals surface area contributed by atoms with E-state index < -0.39 is 0 Å². The molecule has 0 aliphatic carbocycles. The lowest BCUT2D eigenvalue weighted by Crippen LogP contribution is -2.54. The Labute approximate surface area is 197 Å². The summed E-state index contributed by atoms with van der Waals surface area (Å²) in [7, 11) is 0. The van der Waals surface area contributed by atoms with Gasteiger partial charge in [0.05, 0.1) is 6.54 Å². The van der Waals surface area contributed by atoms with Crippen LogP contribution in [-0.2, 0) is 11.2 Å². The number of halogens is 1. The number of aliphatic imine (C=N–C) groups is 1. The van der Waals surface area contributed by atoms with Gasteiger partial charge in [-0.15, -0.1) is 24.0 Å². The molecule has 0 saturated carbocycles. The maximum atomic E-state index is 12.5. The number of aromatic hydroxyl groups is 1. The van der Waals surface area contributed by atoms with Gasteiger partial charge < -0.3 is 20.2 Å². The molecule has 0 atom stereocenters. The molecule has 2 N–H and O–H groups in total. The largest absolute Gasteiger partial charge is 0.508 e. The molecule has 30 heavy (non-hydrogen) atoms. The van der Waals surface area contributed by atoms with Crippen LogP contribution in [0.1, 0.15) is 31.7 Å². The normalized spacial score (nSPS) is 18.1. The van der Waals surface area contributed by atoms with E-state index in [0.717, 1.165) is 76.6 Å². The number of carbonyl (C=O) groups excluding carboxylic acids is 1. The van der Waals surface area contributed by atoms with Gasteiger partial charge in [0, 0.05) is 52.4 Å². The summed E-state index contributed by atoms with van der Waals surface area (Å²) in [4.78, 5) is 23.9. The van der Waals surface area contributed by atoms with Crippen molar-refractivity contribution < 1.29 is 9.90 Å². The van der Waals surface area contributed by atoms with Crippen LogP contribution < -0.4 is 5.32 Å². The number of carbonyl (C=O) groups is 1. The number of rotatable bonds is 6. The molecule has 2 aliphatic heterocycles. The molecule has 0 radical (unpaired) electrons. The van der Waals surface area contributed by atoms with Crippen LogP contribution in [0.15, 0.2) is 29.3 Å². The first-order chi connectivity index (χ1) is 14.2. The average molecular weight is 529 g/mol. The summed E-state index contributed by atoms with van der Waals surface area (Å²) >= 11 is 0. The Morgan fingerprint density at radius 3 is 2.47 bits per heavy atom. The van der Waals surface area contributed by atoms with Gasteiger partial charge in [-0.2, -0.15) is 0 Å². The number of hydrogen-bond donors (Lipinski definition) is 2. The summed E-state index contributed by atoms with van der Waals surface area (Å²) in [6, 6.07) is 7.36. The Morgan fingerprint density at radius 2 is 1.80 bits per heavy atom. The number of piperidine rings is 1. The van der Waals surface area contributed by atoms with Crippen LogP contribution in [0.4, 0.5) is 0 Å². The van der Waals surface area contributed by atoms with E-state index in [1.807, 2.05) is 17.0 Å². The van der Waals surface area contributed by atoms with Gasteiger partial charge in [0.1, 0.15) is 5.75 Å². The highest BCUT2D eigenvalue weighted by molar-refractivity contribution is 14.0. The predicted octanol–water partition coefficient (Wildman–Crippen LogP) is 2.15. The number of piperazine rings is 1. The summed E-state index contributed by atoms with van der Waals surface area (Å²) < 4.78 is 0. The third-order valence-electron chi connectivity index (χ3n) is 5.65. The zero-order valence-corrected chi connectivity index (χ0v) is 20.4. The molecule has 3 rings (SSSR count). The fraction of sp³-hybridized carbons (Fsp3) is 0.636. The molecule has 0 bridgehead atoms. The summed E-state index contributed by atoms with van der Waals surface area (Å²) in [5.74, 6) is 1.52. The van der Waals surface area contributed by atoms with Crippen molar-refractivity contribution in [1.29, 1.82) is 0 Å². The molecular weight excluding hydrogens is 493 g/mol. The van der Waals surface area contributed by atoms with Crippen molar-refractivity contribution in [2.75, 3.05) is 58.9 Å². The highest BCUT2D eigenvalue weighted by atomic mass is 127. The number of hydrogen-bond acceptors (Lipinski definition) is 4. The van der Waals surface area contributed by atoms with E-state index in [4.69, 9.17) is 4.99 Å². The molecule has 8 heteroatoms. The van der Waals surface area contributed by atoms with E-state index in [9.17, 15) is 9.90 Å². The molecule has 2 fully saturated rings. The van der Waals surface area contributed by atoms with Crippen molar-refractivity contribution in [1.82, 2.24) is 20.0 Å². The van der Waals surface area contributed by atoms with E-state index in [-0.39, 0.29) is 29.9 Å². The molecule has 1 aromatic carbocycles. The van der Waals surface area contributed by atoms with Gasteiger partial charge in [-0.25, -0.2) is 0 Å².